The Bertz CT molecular complexity index is 628. The lowest BCUT2D eigenvalue weighted by atomic mass is 9.96. The van der Waals surface area contributed by atoms with Gasteiger partial charge in [0, 0.05) is 6.04 Å². The average Bonchev–Trinajstić information content (AvgIpc) is 2.45. The van der Waals surface area contributed by atoms with E-state index in [9.17, 15) is 8.78 Å². The number of aryl methyl sites for hydroxylation is 1. The number of likely N-dealkylation sites (N-methyl/N-ethyl adjacent to an activating group) is 1. The molecule has 0 aliphatic carbocycles. The maximum atomic E-state index is 13.4. The summed E-state index contributed by atoms with van der Waals surface area (Å²) in [5.74, 6) is -0.512. The molecule has 1 nitrogen and oxygen atoms in total. The third-order valence-corrected chi connectivity index (χ3v) is 4.14. The minimum Gasteiger partial charge on any atom is -0.310 e. The van der Waals surface area contributed by atoms with Crippen molar-refractivity contribution in [3.8, 4) is 0 Å². The van der Waals surface area contributed by atoms with Gasteiger partial charge in [0.05, 0.1) is 4.47 Å². The van der Waals surface area contributed by atoms with Crippen molar-refractivity contribution in [2.75, 3.05) is 6.54 Å². The predicted molar refractivity (Wildman–Crippen MR) is 85.4 cm³/mol. The molecule has 0 bridgehead atoms. The lowest BCUT2D eigenvalue weighted by molar-refractivity contribution is 0.542. The number of benzene rings is 2. The molecule has 2 aromatic rings. The third kappa shape index (κ3) is 4.11. The van der Waals surface area contributed by atoms with Crippen LogP contribution < -0.4 is 5.32 Å². The van der Waals surface area contributed by atoms with Gasteiger partial charge in [-0.3, -0.25) is 0 Å². The highest BCUT2D eigenvalue weighted by Gasteiger charge is 2.14. The fourth-order valence-electron chi connectivity index (χ4n) is 2.36. The number of halogens is 3. The van der Waals surface area contributed by atoms with Gasteiger partial charge in [0.2, 0.25) is 0 Å². The molecule has 4 heteroatoms. The lowest BCUT2D eigenvalue weighted by Gasteiger charge is -2.20. The summed E-state index contributed by atoms with van der Waals surface area (Å²) in [6.45, 7) is 4.77. The Hall–Kier alpha value is -1.26. The van der Waals surface area contributed by atoms with Crippen molar-refractivity contribution in [2.24, 2.45) is 0 Å². The summed E-state index contributed by atoms with van der Waals surface area (Å²) >= 11 is 3.21. The van der Waals surface area contributed by atoms with Crippen molar-refractivity contribution in [3.05, 3.63) is 69.2 Å². The van der Waals surface area contributed by atoms with Crippen LogP contribution in [-0.2, 0) is 6.42 Å². The van der Waals surface area contributed by atoms with Crippen LogP contribution in [0.4, 0.5) is 8.78 Å². The Labute approximate surface area is 132 Å². The largest absolute Gasteiger partial charge is 0.310 e. The van der Waals surface area contributed by atoms with Crippen molar-refractivity contribution >= 4 is 15.9 Å². The van der Waals surface area contributed by atoms with E-state index in [4.69, 9.17) is 0 Å². The van der Waals surface area contributed by atoms with Gasteiger partial charge < -0.3 is 5.32 Å². The molecule has 2 aromatic carbocycles. The summed E-state index contributed by atoms with van der Waals surface area (Å²) < 4.78 is 27.2. The molecule has 0 saturated heterocycles. The van der Waals surface area contributed by atoms with Crippen LogP contribution in [0.2, 0.25) is 0 Å². The van der Waals surface area contributed by atoms with Crippen LogP contribution in [0.1, 0.15) is 29.7 Å². The average molecular weight is 354 g/mol. The molecule has 1 unspecified atom stereocenters. The summed E-state index contributed by atoms with van der Waals surface area (Å²) in [6.07, 6.45) is 0.662. The summed E-state index contributed by atoms with van der Waals surface area (Å²) in [7, 11) is 0. The first-order chi connectivity index (χ1) is 10.0. The second kappa shape index (κ2) is 7.14. The maximum absolute atomic E-state index is 13.4. The van der Waals surface area contributed by atoms with Gasteiger partial charge in [-0.15, -0.1) is 0 Å². The molecule has 112 valence electrons. The molecule has 1 N–H and O–H groups in total. The zero-order valence-corrected chi connectivity index (χ0v) is 13.7. The molecule has 1 atom stereocenters. The molecule has 0 heterocycles. The van der Waals surface area contributed by atoms with Crippen LogP contribution in [0.3, 0.4) is 0 Å². The van der Waals surface area contributed by atoms with E-state index < -0.39 is 0 Å². The highest BCUT2D eigenvalue weighted by atomic mass is 79.9. The van der Waals surface area contributed by atoms with E-state index in [1.54, 1.807) is 24.3 Å². The third-order valence-electron chi connectivity index (χ3n) is 3.53. The maximum Gasteiger partial charge on any atom is 0.137 e. The van der Waals surface area contributed by atoms with Crippen LogP contribution >= 0.6 is 15.9 Å². The topological polar surface area (TPSA) is 12.0 Å². The molecular weight excluding hydrogens is 336 g/mol. The Kier molecular flexibility index (Phi) is 5.48. The molecule has 0 amide bonds. The van der Waals surface area contributed by atoms with Crippen LogP contribution in [-0.4, -0.2) is 6.54 Å². The van der Waals surface area contributed by atoms with Crippen molar-refractivity contribution in [2.45, 2.75) is 26.3 Å². The van der Waals surface area contributed by atoms with E-state index in [1.165, 1.54) is 12.1 Å². The van der Waals surface area contributed by atoms with E-state index in [-0.39, 0.29) is 17.7 Å². The van der Waals surface area contributed by atoms with Gasteiger partial charge in [-0.25, -0.2) is 8.78 Å². The smallest absolute Gasteiger partial charge is 0.137 e. The monoisotopic (exact) mass is 353 g/mol. The first-order valence-corrected chi connectivity index (χ1v) is 7.74. The van der Waals surface area contributed by atoms with Gasteiger partial charge in [-0.1, -0.05) is 19.1 Å². The van der Waals surface area contributed by atoms with E-state index in [2.05, 4.69) is 21.2 Å². The van der Waals surface area contributed by atoms with Crippen molar-refractivity contribution in [1.29, 1.82) is 0 Å². The highest BCUT2D eigenvalue weighted by molar-refractivity contribution is 9.10. The van der Waals surface area contributed by atoms with Crippen molar-refractivity contribution < 1.29 is 8.78 Å². The molecule has 0 aliphatic heterocycles. The Balaban J connectivity index is 2.30. The minimum atomic E-state index is -0.282. The fraction of sp³-hybridized carbons (Fsp3) is 0.294. The molecule has 2 rings (SSSR count). The van der Waals surface area contributed by atoms with Crippen LogP contribution in [0.25, 0.3) is 0 Å². The number of rotatable bonds is 5. The predicted octanol–water partition coefficient (Wildman–Crippen LogP) is 4.93. The first kappa shape index (κ1) is 16.1. The first-order valence-electron chi connectivity index (χ1n) is 6.94. The second-order valence-electron chi connectivity index (χ2n) is 5.06. The second-order valence-corrected chi connectivity index (χ2v) is 5.91. The zero-order chi connectivity index (χ0) is 15.4. The van der Waals surface area contributed by atoms with Gasteiger partial charge in [0.15, 0.2) is 0 Å². The molecule has 0 saturated carbocycles. The normalized spacial score (nSPS) is 12.4. The highest BCUT2D eigenvalue weighted by Crippen LogP contribution is 2.25. The van der Waals surface area contributed by atoms with Crippen LogP contribution in [0.5, 0.6) is 0 Å². The van der Waals surface area contributed by atoms with Gasteiger partial charge in [0.1, 0.15) is 11.6 Å². The van der Waals surface area contributed by atoms with E-state index in [1.807, 2.05) is 13.8 Å². The van der Waals surface area contributed by atoms with Gasteiger partial charge >= 0.3 is 0 Å². The number of nitrogens with one attached hydrogen (secondary N) is 1. The molecule has 0 radical (unpaired) electrons. The van der Waals surface area contributed by atoms with Crippen molar-refractivity contribution in [3.63, 3.8) is 0 Å². The fourth-order valence-corrected chi connectivity index (χ4v) is 2.76. The molecule has 0 aromatic heterocycles. The van der Waals surface area contributed by atoms with Crippen LogP contribution in [0, 0.1) is 18.6 Å². The van der Waals surface area contributed by atoms with E-state index >= 15 is 0 Å². The zero-order valence-electron chi connectivity index (χ0n) is 12.1. The minimum absolute atomic E-state index is 0.0207. The Morgan fingerprint density at radius 2 is 1.90 bits per heavy atom. The summed E-state index contributed by atoms with van der Waals surface area (Å²) in [6, 6.07) is 9.83. The van der Waals surface area contributed by atoms with Gasteiger partial charge in [0.25, 0.3) is 0 Å². The number of hydrogen-bond acceptors (Lipinski definition) is 1. The van der Waals surface area contributed by atoms with Gasteiger partial charge in [-0.2, -0.15) is 0 Å². The van der Waals surface area contributed by atoms with Crippen molar-refractivity contribution in [1.82, 2.24) is 5.32 Å². The Morgan fingerprint density at radius 3 is 2.57 bits per heavy atom. The lowest BCUT2D eigenvalue weighted by Crippen LogP contribution is -2.23. The van der Waals surface area contributed by atoms with E-state index in [0.717, 1.165) is 23.2 Å². The quantitative estimate of drug-likeness (QED) is 0.803. The molecule has 0 fully saturated rings. The Morgan fingerprint density at radius 1 is 1.14 bits per heavy atom. The van der Waals surface area contributed by atoms with E-state index in [0.29, 0.717) is 10.9 Å². The standard InChI is InChI=1S/C17H18BrF2N/c1-3-21-17(12-5-7-16(20)15(18)9-12)10-13-8-14(19)6-4-11(13)2/h4-9,17,21H,3,10H2,1-2H3. The van der Waals surface area contributed by atoms with Crippen LogP contribution in [0.15, 0.2) is 40.9 Å². The summed E-state index contributed by atoms with van der Waals surface area (Å²) in [5.41, 5.74) is 3.00. The molecule has 0 spiro atoms. The summed E-state index contributed by atoms with van der Waals surface area (Å²) in [4.78, 5) is 0. The molecule has 21 heavy (non-hydrogen) atoms. The molecular formula is C17H18BrF2N. The SMILES string of the molecule is CCNC(Cc1cc(F)ccc1C)c1ccc(F)c(Br)c1. The molecule has 0 aliphatic rings. The number of hydrogen-bond donors (Lipinski definition) is 1. The summed E-state index contributed by atoms with van der Waals surface area (Å²) in [5, 5.41) is 3.38. The van der Waals surface area contributed by atoms with Gasteiger partial charge in [-0.05, 0) is 76.8 Å².